The van der Waals surface area contributed by atoms with Gasteiger partial charge in [-0.2, -0.15) is 0 Å². The van der Waals surface area contributed by atoms with Gasteiger partial charge in [-0.1, -0.05) is 35.0 Å². The Morgan fingerprint density at radius 3 is 2.77 bits per heavy atom. The Hall–Kier alpha value is -1.77. The van der Waals surface area contributed by atoms with Gasteiger partial charge >= 0.3 is 5.97 Å². The Labute approximate surface area is 165 Å². The summed E-state index contributed by atoms with van der Waals surface area (Å²) in [5.41, 5.74) is 0.442. The van der Waals surface area contributed by atoms with Crippen LogP contribution in [0.15, 0.2) is 23.4 Å². The molecular formula is C16H18Cl2N4O3S. The molecule has 0 saturated carbocycles. The minimum Gasteiger partial charge on any atom is -0.466 e. The van der Waals surface area contributed by atoms with E-state index in [0.717, 1.165) is 0 Å². The second-order valence-corrected chi connectivity index (χ2v) is 7.46. The van der Waals surface area contributed by atoms with Gasteiger partial charge in [-0.25, -0.2) is 0 Å². The number of rotatable bonds is 7. The van der Waals surface area contributed by atoms with Gasteiger partial charge in [-0.05, 0) is 32.0 Å². The summed E-state index contributed by atoms with van der Waals surface area (Å²) in [5.74, 6) is -0.161. The first-order valence-corrected chi connectivity index (χ1v) is 9.41. The first-order chi connectivity index (χ1) is 12.3. The Morgan fingerprint density at radius 2 is 2.08 bits per heavy atom. The molecule has 1 atom stereocenters. The number of thioether (sulfide) groups is 1. The van der Waals surface area contributed by atoms with Crippen LogP contribution in [0.1, 0.15) is 19.7 Å². The molecule has 1 aromatic carbocycles. The highest BCUT2D eigenvalue weighted by Crippen LogP contribution is 2.27. The number of hydrogen-bond donors (Lipinski definition) is 1. The van der Waals surface area contributed by atoms with Crippen LogP contribution in [0.4, 0.5) is 5.69 Å². The molecule has 26 heavy (non-hydrogen) atoms. The highest BCUT2D eigenvalue weighted by atomic mass is 35.5. The van der Waals surface area contributed by atoms with Gasteiger partial charge in [0.1, 0.15) is 12.2 Å². The zero-order valence-corrected chi connectivity index (χ0v) is 16.8. The van der Waals surface area contributed by atoms with Gasteiger partial charge in [0.15, 0.2) is 5.16 Å². The van der Waals surface area contributed by atoms with Crippen LogP contribution in [0.25, 0.3) is 0 Å². The molecule has 0 bridgehead atoms. The normalized spacial score (nSPS) is 11.9. The van der Waals surface area contributed by atoms with Crippen LogP contribution >= 0.6 is 35.0 Å². The van der Waals surface area contributed by atoms with Gasteiger partial charge in [-0.3, -0.25) is 9.59 Å². The standard InChI is InChI=1S/C16H18Cl2N4O3S/c1-4-25-14(23)8-13-20-21-16(22(13)3)26-9(2)15(24)19-12-7-10(17)5-6-11(12)18/h5-7,9H,4,8H2,1-3H3,(H,19,24)/t9-/m0/s1. The van der Waals surface area contributed by atoms with Gasteiger partial charge < -0.3 is 14.6 Å². The number of carbonyl (C=O) groups excluding carboxylic acids is 2. The number of ether oxygens (including phenoxy) is 1. The van der Waals surface area contributed by atoms with Crippen molar-refractivity contribution in [2.45, 2.75) is 30.7 Å². The molecule has 10 heteroatoms. The van der Waals surface area contributed by atoms with E-state index in [4.69, 9.17) is 27.9 Å². The minimum absolute atomic E-state index is 0.0244. The maximum Gasteiger partial charge on any atom is 0.313 e. The zero-order chi connectivity index (χ0) is 19.3. The summed E-state index contributed by atoms with van der Waals surface area (Å²) in [7, 11) is 1.73. The molecule has 1 amide bonds. The number of nitrogens with one attached hydrogen (secondary N) is 1. The summed E-state index contributed by atoms with van der Waals surface area (Å²) in [4.78, 5) is 24.0. The van der Waals surface area contributed by atoms with Crippen LogP contribution in [0.3, 0.4) is 0 Å². The Morgan fingerprint density at radius 1 is 1.35 bits per heavy atom. The molecule has 2 aromatic rings. The number of anilines is 1. The van der Waals surface area contributed by atoms with Crippen molar-refractivity contribution in [2.24, 2.45) is 7.05 Å². The molecule has 0 aliphatic rings. The maximum absolute atomic E-state index is 12.4. The van der Waals surface area contributed by atoms with E-state index in [9.17, 15) is 9.59 Å². The van der Waals surface area contributed by atoms with Crippen LogP contribution in [0.2, 0.25) is 10.0 Å². The topological polar surface area (TPSA) is 86.1 Å². The first kappa shape index (κ1) is 20.5. The molecule has 0 aliphatic carbocycles. The SMILES string of the molecule is CCOC(=O)Cc1nnc(S[C@@H](C)C(=O)Nc2cc(Cl)ccc2Cl)n1C. The van der Waals surface area contributed by atoms with E-state index < -0.39 is 5.25 Å². The third-order valence-electron chi connectivity index (χ3n) is 3.37. The second kappa shape index (κ2) is 9.25. The molecule has 2 rings (SSSR count). The molecule has 0 aliphatic heterocycles. The number of esters is 1. The van der Waals surface area contributed by atoms with Crippen molar-refractivity contribution in [1.29, 1.82) is 0 Å². The molecule has 1 N–H and O–H groups in total. The van der Waals surface area contributed by atoms with E-state index in [0.29, 0.717) is 33.3 Å². The molecule has 1 aromatic heterocycles. The lowest BCUT2D eigenvalue weighted by Gasteiger charge is -2.13. The van der Waals surface area contributed by atoms with Crippen molar-refractivity contribution in [3.05, 3.63) is 34.1 Å². The molecule has 0 radical (unpaired) electrons. The molecule has 0 spiro atoms. The predicted octanol–water partition coefficient (Wildman–Crippen LogP) is 3.35. The average Bonchev–Trinajstić information content (AvgIpc) is 2.91. The van der Waals surface area contributed by atoms with E-state index in [2.05, 4.69) is 15.5 Å². The van der Waals surface area contributed by atoms with Crippen LogP contribution in [0.5, 0.6) is 0 Å². The predicted molar refractivity (Wildman–Crippen MR) is 102 cm³/mol. The Kier molecular flexibility index (Phi) is 7.31. The Balaban J connectivity index is 2.01. The number of nitrogens with zero attached hydrogens (tertiary/aromatic N) is 3. The number of benzene rings is 1. The fourth-order valence-corrected chi connectivity index (χ4v) is 3.15. The third-order valence-corrected chi connectivity index (χ3v) is 5.07. The molecular weight excluding hydrogens is 399 g/mol. The Bertz CT molecular complexity index is 813. The van der Waals surface area contributed by atoms with E-state index >= 15 is 0 Å². The molecule has 0 unspecified atom stereocenters. The molecule has 7 nitrogen and oxygen atoms in total. The second-order valence-electron chi connectivity index (χ2n) is 5.31. The largest absolute Gasteiger partial charge is 0.466 e. The highest BCUT2D eigenvalue weighted by molar-refractivity contribution is 8.00. The van der Waals surface area contributed by atoms with Gasteiger partial charge in [-0.15, -0.1) is 10.2 Å². The van der Waals surface area contributed by atoms with Crippen molar-refractivity contribution in [3.63, 3.8) is 0 Å². The van der Waals surface area contributed by atoms with Gasteiger partial charge in [0.05, 0.1) is 22.6 Å². The van der Waals surface area contributed by atoms with Crippen molar-refractivity contribution >= 4 is 52.5 Å². The van der Waals surface area contributed by atoms with Crippen LogP contribution < -0.4 is 5.32 Å². The van der Waals surface area contributed by atoms with E-state index in [-0.39, 0.29) is 18.3 Å². The average molecular weight is 417 g/mol. The lowest BCUT2D eigenvalue weighted by atomic mass is 10.3. The van der Waals surface area contributed by atoms with Crippen LogP contribution in [-0.2, 0) is 27.8 Å². The third kappa shape index (κ3) is 5.36. The molecule has 0 saturated heterocycles. The summed E-state index contributed by atoms with van der Waals surface area (Å²) in [6.07, 6.45) is 0.0244. The number of hydrogen-bond acceptors (Lipinski definition) is 6. The lowest BCUT2D eigenvalue weighted by Crippen LogP contribution is -2.23. The van der Waals surface area contributed by atoms with Crippen LogP contribution in [0, 0.1) is 0 Å². The van der Waals surface area contributed by atoms with E-state index in [1.54, 1.807) is 43.7 Å². The number of amides is 1. The summed E-state index contributed by atoms with van der Waals surface area (Å²) in [6.45, 7) is 3.78. The van der Waals surface area contributed by atoms with Crippen molar-refractivity contribution in [2.75, 3.05) is 11.9 Å². The smallest absolute Gasteiger partial charge is 0.313 e. The number of aromatic nitrogens is 3. The number of carbonyl (C=O) groups is 2. The zero-order valence-electron chi connectivity index (χ0n) is 14.5. The van der Waals surface area contributed by atoms with Crippen molar-refractivity contribution in [1.82, 2.24) is 14.8 Å². The summed E-state index contributed by atoms with van der Waals surface area (Å²) < 4.78 is 6.57. The monoisotopic (exact) mass is 416 g/mol. The van der Waals surface area contributed by atoms with Gasteiger partial charge in [0, 0.05) is 12.1 Å². The van der Waals surface area contributed by atoms with E-state index in [1.165, 1.54) is 11.8 Å². The van der Waals surface area contributed by atoms with Crippen molar-refractivity contribution < 1.29 is 14.3 Å². The fraction of sp³-hybridized carbons (Fsp3) is 0.375. The summed E-state index contributed by atoms with van der Waals surface area (Å²) in [5, 5.41) is 11.7. The van der Waals surface area contributed by atoms with Crippen LogP contribution in [-0.4, -0.2) is 38.5 Å². The molecule has 1 heterocycles. The van der Waals surface area contributed by atoms with Gasteiger partial charge in [0.2, 0.25) is 5.91 Å². The molecule has 140 valence electrons. The summed E-state index contributed by atoms with van der Waals surface area (Å²) >= 11 is 13.2. The summed E-state index contributed by atoms with van der Waals surface area (Å²) in [6, 6.07) is 4.84. The van der Waals surface area contributed by atoms with E-state index in [1.807, 2.05) is 0 Å². The quantitative estimate of drug-likeness (QED) is 0.549. The maximum atomic E-state index is 12.4. The van der Waals surface area contributed by atoms with Gasteiger partial charge in [0.25, 0.3) is 0 Å². The molecule has 0 fully saturated rings. The number of halogens is 2. The first-order valence-electron chi connectivity index (χ1n) is 7.78. The fourth-order valence-electron chi connectivity index (χ4n) is 1.98. The lowest BCUT2D eigenvalue weighted by molar-refractivity contribution is -0.142. The minimum atomic E-state index is -0.469. The highest BCUT2D eigenvalue weighted by Gasteiger charge is 2.20. The van der Waals surface area contributed by atoms with Crippen molar-refractivity contribution in [3.8, 4) is 0 Å².